The Hall–Kier alpha value is -0.560. The highest BCUT2D eigenvalue weighted by Crippen LogP contribution is 2.42. The second-order valence-corrected chi connectivity index (χ2v) is 12.5. The van der Waals surface area contributed by atoms with Gasteiger partial charge in [-0.3, -0.25) is 0 Å². The van der Waals surface area contributed by atoms with Crippen LogP contribution >= 0.6 is 0 Å². The van der Waals surface area contributed by atoms with Gasteiger partial charge in [-0.1, -0.05) is 0 Å². The third-order valence-electron chi connectivity index (χ3n) is 9.72. The quantitative estimate of drug-likeness (QED) is 0.135. The molecular weight excluding hydrogens is 548 g/mol. The maximum atomic E-state index is 11.0. The number of fused-ring (bicyclic) bond motifs is 1. The molecule has 238 valence electrons. The van der Waals surface area contributed by atoms with Gasteiger partial charge in [-0.15, -0.1) is 0 Å². The van der Waals surface area contributed by atoms with Crippen LogP contribution < -0.4 is 0 Å². The molecule has 10 N–H and O–H groups in total. The minimum absolute atomic E-state index is 0.0737. The molecule has 6 unspecified atom stereocenters. The average Bonchev–Trinajstić information content (AvgIpc) is 2.94. The van der Waals surface area contributed by atoms with Crippen LogP contribution in [0, 0.1) is 11.8 Å². The summed E-state index contributed by atoms with van der Waals surface area (Å²) in [6, 6.07) is 0. The molecule has 2 saturated carbocycles. The van der Waals surface area contributed by atoms with Gasteiger partial charge >= 0.3 is 0 Å². The molecule has 0 aromatic heterocycles. The molecule has 14 heteroatoms. The first kappa shape index (κ1) is 31.9. The Morgan fingerprint density at radius 1 is 0.707 bits per heavy atom. The lowest BCUT2D eigenvalue weighted by atomic mass is 9.73. The molecule has 3 heterocycles. The zero-order valence-electron chi connectivity index (χ0n) is 23.2. The van der Waals surface area contributed by atoms with E-state index in [1.54, 1.807) is 0 Å². The fourth-order valence-electron chi connectivity index (χ4n) is 7.26. The van der Waals surface area contributed by atoms with Crippen LogP contribution in [0.4, 0.5) is 0 Å². The Kier molecular flexibility index (Phi) is 10.3. The highest BCUT2D eigenvalue weighted by molar-refractivity contribution is 4.98. The summed E-state index contributed by atoms with van der Waals surface area (Å²) < 4.78 is 28.3. The second kappa shape index (κ2) is 13.2. The second-order valence-electron chi connectivity index (χ2n) is 12.5. The van der Waals surface area contributed by atoms with Gasteiger partial charge in [-0.2, -0.15) is 0 Å². The molecule has 16 atom stereocenters. The highest BCUT2D eigenvalue weighted by Gasteiger charge is 2.55. The summed E-state index contributed by atoms with van der Waals surface area (Å²) in [6.45, 7) is 0.831. The van der Waals surface area contributed by atoms with Crippen molar-refractivity contribution in [2.75, 3.05) is 6.61 Å². The van der Waals surface area contributed by atoms with Crippen LogP contribution in [0.1, 0.15) is 51.9 Å². The van der Waals surface area contributed by atoms with E-state index in [0.717, 1.165) is 0 Å². The van der Waals surface area contributed by atoms with E-state index in [0.29, 0.717) is 38.5 Å². The summed E-state index contributed by atoms with van der Waals surface area (Å²) in [5, 5.41) is 93.6. The molecule has 0 aromatic rings. The lowest BCUT2D eigenvalue weighted by molar-refractivity contribution is -0.376. The van der Waals surface area contributed by atoms with Gasteiger partial charge < -0.3 is 69.6 Å². The van der Waals surface area contributed by atoms with Crippen LogP contribution in [0.15, 0.2) is 0 Å². The average molecular weight is 596 g/mol. The molecule has 41 heavy (non-hydrogen) atoms. The van der Waals surface area contributed by atoms with Gasteiger partial charge in [-0.25, -0.2) is 0 Å². The SMILES string of the molecule is C[C@H]1O[C@H](O[C@H]2[C@@H](O)[C@H](O)[C@@H](OC3CC4C(O)CC(O)CC4[OH+]C3C3CCC(O)CC3)O[C@H]2CO)[C@H](O)[C@H](O)[C@@H]1O. The minimum atomic E-state index is -1.66. The van der Waals surface area contributed by atoms with E-state index < -0.39 is 86.3 Å². The van der Waals surface area contributed by atoms with E-state index in [4.69, 9.17) is 23.7 Å². The van der Waals surface area contributed by atoms with Crippen molar-refractivity contribution in [3.63, 3.8) is 0 Å². The summed E-state index contributed by atoms with van der Waals surface area (Å²) in [6.07, 6.45) is -13.5. The number of rotatable bonds is 6. The monoisotopic (exact) mass is 595 g/mol. The van der Waals surface area contributed by atoms with E-state index in [9.17, 15) is 46.0 Å². The Bertz CT molecular complexity index is 841. The van der Waals surface area contributed by atoms with Gasteiger partial charge in [0, 0.05) is 18.8 Å². The van der Waals surface area contributed by atoms with Gasteiger partial charge in [0.2, 0.25) is 0 Å². The molecule has 14 nitrogen and oxygen atoms in total. The molecule has 0 aromatic carbocycles. The number of ether oxygens (including phenoxy) is 5. The molecule has 3 saturated heterocycles. The van der Waals surface area contributed by atoms with Crippen molar-refractivity contribution in [1.29, 1.82) is 0 Å². The van der Waals surface area contributed by atoms with Crippen LogP contribution in [0.25, 0.3) is 0 Å². The largest absolute Gasteiger partial charge is 0.427 e. The summed E-state index contributed by atoms with van der Waals surface area (Å²) >= 11 is 0. The molecular formula is C27H47O14+. The number of hydrogen-bond acceptors (Lipinski definition) is 13. The van der Waals surface area contributed by atoms with E-state index in [1.165, 1.54) is 6.92 Å². The molecule has 5 rings (SSSR count). The van der Waals surface area contributed by atoms with Crippen LogP contribution in [-0.2, 0) is 18.9 Å². The highest BCUT2D eigenvalue weighted by atomic mass is 16.7. The smallest absolute Gasteiger partial charge is 0.187 e. The first-order valence-corrected chi connectivity index (χ1v) is 14.9. The van der Waals surface area contributed by atoms with Crippen LogP contribution in [0.3, 0.4) is 0 Å². The van der Waals surface area contributed by atoms with Crippen molar-refractivity contribution >= 4 is 0 Å². The maximum Gasteiger partial charge on any atom is 0.187 e. The van der Waals surface area contributed by atoms with Gasteiger partial charge in [0.1, 0.15) is 48.8 Å². The molecule has 0 spiro atoms. The minimum Gasteiger partial charge on any atom is -0.427 e. The maximum absolute atomic E-state index is 11.0. The van der Waals surface area contributed by atoms with Gasteiger partial charge in [-0.05, 0) is 39.0 Å². The fraction of sp³-hybridized carbons (Fsp3) is 1.00. The Morgan fingerprint density at radius 2 is 1.37 bits per heavy atom. The molecule has 2 aliphatic carbocycles. The van der Waals surface area contributed by atoms with E-state index in [2.05, 4.69) is 0 Å². The van der Waals surface area contributed by atoms with Gasteiger partial charge in [0.05, 0.1) is 36.9 Å². The topological polar surface area (TPSA) is 232 Å². The zero-order chi connectivity index (χ0) is 29.6. The third-order valence-corrected chi connectivity index (χ3v) is 9.72. The van der Waals surface area contributed by atoms with Gasteiger partial charge in [0.15, 0.2) is 24.8 Å². The Labute approximate surface area is 238 Å². The molecule has 0 bridgehead atoms. The van der Waals surface area contributed by atoms with E-state index >= 15 is 0 Å². The summed E-state index contributed by atoms with van der Waals surface area (Å²) in [7, 11) is 0. The first-order chi connectivity index (χ1) is 19.5. The van der Waals surface area contributed by atoms with E-state index in [-0.39, 0.29) is 36.6 Å². The van der Waals surface area contributed by atoms with Crippen LogP contribution in [-0.4, -0.2) is 155 Å². The standard InChI is InChI=1S/C27H46O14/c1-10-19(32)20(33)22(35)26(37-10)41-25-18(9-28)40-27(23(36)21(25)34)39-17-8-14-15(31)6-13(30)7-16(14)38-24(17)11-2-4-12(29)5-3-11/h10-36H,2-9H2,1H3/p+1/t10-,11?,12?,13?,14?,15?,16?,17?,18+,19-,20-,21+,22-,23+,24?,25-,26-,27+/m1/s1. The number of aliphatic hydroxyl groups excluding tert-OH is 9. The first-order valence-electron chi connectivity index (χ1n) is 14.9. The molecule has 5 fully saturated rings. The molecule has 5 aliphatic rings. The zero-order valence-corrected chi connectivity index (χ0v) is 23.2. The van der Waals surface area contributed by atoms with Crippen molar-refractivity contribution in [3.05, 3.63) is 0 Å². The summed E-state index contributed by atoms with van der Waals surface area (Å²) in [5.74, 6) is -0.192. The number of aliphatic hydroxyl groups is 11. The molecule has 0 radical (unpaired) electrons. The molecule has 0 amide bonds. The Balaban J connectivity index is 1.30. The van der Waals surface area contributed by atoms with Crippen molar-refractivity contribution in [2.24, 2.45) is 11.8 Å². The van der Waals surface area contributed by atoms with Crippen molar-refractivity contribution < 1.29 is 69.6 Å². The fourth-order valence-corrected chi connectivity index (χ4v) is 7.26. The number of hydrogen-bond donors (Lipinski definition) is 9. The lowest BCUT2D eigenvalue weighted by Gasteiger charge is -2.49. The molecule has 3 aliphatic heterocycles. The third kappa shape index (κ3) is 6.61. The van der Waals surface area contributed by atoms with Crippen LogP contribution in [0.2, 0.25) is 0 Å². The van der Waals surface area contributed by atoms with Crippen molar-refractivity contribution in [3.8, 4) is 0 Å². The summed E-state index contributed by atoms with van der Waals surface area (Å²) in [5.41, 5.74) is 0. The normalized spacial score (nSPS) is 54.9. The Morgan fingerprint density at radius 3 is 2.05 bits per heavy atom. The predicted octanol–water partition coefficient (Wildman–Crippen LogP) is -3.62. The van der Waals surface area contributed by atoms with E-state index in [1.807, 2.05) is 0 Å². The van der Waals surface area contributed by atoms with Crippen molar-refractivity contribution in [2.45, 2.75) is 150 Å². The lowest BCUT2D eigenvalue weighted by Crippen LogP contribution is -2.65. The van der Waals surface area contributed by atoms with Crippen LogP contribution in [0.5, 0.6) is 0 Å². The van der Waals surface area contributed by atoms with Gasteiger partial charge in [0.25, 0.3) is 0 Å². The summed E-state index contributed by atoms with van der Waals surface area (Å²) in [4.78, 5) is 0. The predicted molar refractivity (Wildman–Crippen MR) is 137 cm³/mol. The van der Waals surface area contributed by atoms with Crippen molar-refractivity contribution in [1.82, 2.24) is 0 Å².